The van der Waals surface area contributed by atoms with Crippen LogP contribution in [0.5, 0.6) is 0 Å². The first-order chi connectivity index (χ1) is 14.0. The second kappa shape index (κ2) is 8.20. The summed E-state index contributed by atoms with van der Waals surface area (Å²) in [5.41, 5.74) is 2.84. The number of ether oxygens (including phenoxy) is 1. The Morgan fingerprint density at radius 3 is 2.69 bits per heavy atom. The van der Waals surface area contributed by atoms with Gasteiger partial charge in [-0.2, -0.15) is 0 Å². The van der Waals surface area contributed by atoms with Gasteiger partial charge in [-0.3, -0.25) is 9.59 Å². The first kappa shape index (κ1) is 20.0. The molecular weight excluding hydrogens is 390 g/mol. The molecule has 29 heavy (non-hydrogen) atoms. The maximum absolute atomic E-state index is 13.2. The molecule has 0 saturated carbocycles. The largest absolute Gasteiger partial charge is 0.373 e. The van der Waals surface area contributed by atoms with Crippen LogP contribution in [-0.4, -0.2) is 40.5 Å². The standard InChI is InChI=1S/C22H26ClN3O3/c1-14-4-3-9-25(14)22(28)19-12-18(20-13-29-11-10-26(19)20)21(27)24-15(2)16-5-7-17(23)8-6-16/h5-8,12,14-15H,3-4,9-11,13H2,1-2H3,(H,24,27)/t14?,15-/m1/s1. The molecular formula is C22H26ClN3O3. The lowest BCUT2D eigenvalue weighted by atomic mass is 10.1. The number of aromatic nitrogens is 1. The van der Waals surface area contributed by atoms with Crippen LogP contribution in [0.25, 0.3) is 0 Å². The highest BCUT2D eigenvalue weighted by Crippen LogP contribution is 2.26. The summed E-state index contributed by atoms with van der Waals surface area (Å²) in [6, 6.07) is 9.20. The number of benzene rings is 1. The second-order valence-corrected chi connectivity index (χ2v) is 8.27. The number of rotatable bonds is 4. The third-order valence-corrected chi connectivity index (χ3v) is 6.15. The quantitative estimate of drug-likeness (QED) is 0.826. The molecule has 0 bridgehead atoms. The lowest BCUT2D eigenvalue weighted by Crippen LogP contribution is -2.35. The highest BCUT2D eigenvalue weighted by Gasteiger charge is 2.32. The van der Waals surface area contributed by atoms with E-state index in [1.54, 1.807) is 6.07 Å². The summed E-state index contributed by atoms with van der Waals surface area (Å²) in [7, 11) is 0. The van der Waals surface area contributed by atoms with E-state index in [9.17, 15) is 9.59 Å². The van der Waals surface area contributed by atoms with Crippen LogP contribution in [-0.2, 0) is 17.9 Å². The van der Waals surface area contributed by atoms with Crippen molar-refractivity contribution >= 4 is 23.4 Å². The molecule has 1 saturated heterocycles. The van der Waals surface area contributed by atoms with Crippen LogP contribution in [0, 0.1) is 0 Å². The Labute approximate surface area is 175 Å². The molecule has 1 unspecified atom stereocenters. The van der Waals surface area contributed by atoms with Gasteiger partial charge in [0.05, 0.1) is 30.5 Å². The zero-order valence-electron chi connectivity index (χ0n) is 16.8. The van der Waals surface area contributed by atoms with Crippen molar-refractivity contribution in [3.05, 3.63) is 57.9 Å². The van der Waals surface area contributed by atoms with Gasteiger partial charge in [0.1, 0.15) is 5.69 Å². The minimum atomic E-state index is -0.199. The molecule has 154 valence electrons. The van der Waals surface area contributed by atoms with E-state index < -0.39 is 0 Å². The SMILES string of the molecule is CC1CCCN1C(=O)c1cc(C(=O)N[C@H](C)c2ccc(Cl)cc2)c2n1CCOC2. The number of carbonyl (C=O) groups excluding carboxylic acids is 2. The molecule has 2 aliphatic heterocycles. The molecule has 7 heteroatoms. The molecule has 0 radical (unpaired) electrons. The summed E-state index contributed by atoms with van der Waals surface area (Å²) in [5, 5.41) is 3.69. The molecule has 2 aliphatic rings. The Hall–Kier alpha value is -2.31. The fourth-order valence-electron chi connectivity index (χ4n) is 4.19. The first-order valence-electron chi connectivity index (χ1n) is 10.1. The summed E-state index contributed by atoms with van der Waals surface area (Å²) >= 11 is 5.95. The van der Waals surface area contributed by atoms with Gasteiger partial charge < -0.3 is 19.5 Å². The molecule has 0 aliphatic carbocycles. The van der Waals surface area contributed by atoms with E-state index in [-0.39, 0.29) is 23.9 Å². The Bertz CT molecular complexity index is 922. The van der Waals surface area contributed by atoms with Crippen LogP contribution >= 0.6 is 11.6 Å². The number of halogens is 1. The van der Waals surface area contributed by atoms with Crippen LogP contribution in [0.3, 0.4) is 0 Å². The Balaban J connectivity index is 1.60. The minimum Gasteiger partial charge on any atom is -0.373 e. The van der Waals surface area contributed by atoms with Crippen LogP contribution in [0.1, 0.15) is 64.8 Å². The van der Waals surface area contributed by atoms with E-state index in [0.717, 1.165) is 30.6 Å². The van der Waals surface area contributed by atoms with Crippen molar-refractivity contribution in [2.45, 2.75) is 51.9 Å². The van der Waals surface area contributed by atoms with Gasteiger partial charge in [0.25, 0.3) is 11.8 Å². The molecule has 1 aromatic carbocycles. The average molecular weight is 416 g/mol. The molecule has 2 aromatic rings. The molecule has 1 aromatic heterocycles. The van der Waals surface area contributed by atoms with E-state index in [2.05, 4.69) is 12.2 Å². The number of hydrogen-bond donors (Lipinski definition) is 1. The molecule has 2 amide bonds. The van der Waals surface area contributed by atoms with Gasteiger partial charge >= 0.3 is 0 Å². The van der Waals surface area contributed by atoms with E-state index in [0.29, 0.717) is 36.0 Å². The van der Waals surface area contributed by atoms with Crippen LogP contribution in [0.15, 0.2) is 30.3 Å². The molecule has 4 rings (SSSR count). The van der Waals surface area contributed by atoms with Crippen molar-refractivity contribution in [3.8, 4) is 0 Å². The van der Waals surface area contributed by atoms with Crippen molar-refractivity contribution in [1.82, 2.24) is 14.8 Å². The number of amides is 2. The van der Waals surface area contributed by atoms with Crippen molar-refractivity contribution in [1.29, 1.82) is 0 Å². The summed E-state index contributed by atoms with van der Waals surface area (Å²) in [6.07, 6.45) is 2.05. The van der Waals surface area contributed by atoms with Crippen molar-refractivity contribution in [3.63, 3.8) is 0 Å². The maximum atomic E-state index is 13.2. The highest BCUT2D eigenvalue weighted by atomic mass is 35.5. The van der Waals surface area contributed by atoms with Crippen molar-refractivity contribution in [2.24, 2.45) is 0 Å². The lowest BCUT2D eigenvalue weighted by molar-refractivity contribution is 0.0684. The summed E-state index contributed by atoms with van der Waals surface area (Å²) < 4.78 is 7.55. The maximum Gasteiger partial charge on any atom is 0.270 e. The van der Waals surface area contributed by atoms with Gasteiger partial charge in [0.2, 0.25) is 0 Å². The van der Waals surface area contributed by atoms with Gasteiger partial charge in [-0.05, 0) is 50.5 Å². The molecule has 6 nitrogen and oxygen atoms in total. The number of fused-ring (bicyclic) bond motifs is 1. The summed E-state index contributed by atoms with van der Waals surface area (Å²) in [4.78, 5) is 28.1. The molecule has 0 spiro atoms. The third-order valence-electron chi connectivity index (χ3n) is 5.90. The topological polar surface area (TPSA) is 63.6 Å². The zero-order chi connectivity index (χ0) is 20.5. The minimum absolute atomic E-state index is 0.00273. The fraction of sp³-hybridized carbons (Fsp3) is 0.455. The van der Waals surface area contributed by atoms with Gasteiger partial charge in [0.15, 0.2) is 0 Å². The van der Waals surface area contributed by atoms with Gasteiger partial charge in [-0.15, -0.1) is 0 Å². The van der Waals surface area contributed by atoms with Gasteiger partial charge in [-0.25, -0.2) is 0 Å². The van der Waals surface area contributed by atoms with Gasteiger partial charge in [0, 0.05) is 24.2 Å². The van der Waals surface area contributed by atoms with E-state index in [1.165, 1.54) is 0 Å². The van der Waals surface area contributed by atoms with Crippen LogP contribution in [0.4, 0.5) is 0 Å². The van der Waals surface area contributed by atoms with Crippen LogP contribution in [0.2, 0.25) is 5.02 Å². The predicted molar refractivity (Wildman–Crippen MR) is 111 cm³/mol. The summed E-state index contributed by atoms with van der Waals surface area (Å²) in [6.45, 7) is 6.24. The first-order valence-corrected chi connectivity index (χ1v) is 10.5. The smallest absolute Gasteiger partial charge is 0.270 e. The lowest BCUT2D eigenvalue weighted by Gasteiger charge is -2.24. The second-order valence-electron chi connectivity index (χ2n) is 7.83. The Morgan fingerprint density at radius 2 is 2.00 bits per heavy atom. The Morgan fingerprint density at radius 1 is 1.24 bits per heavy atom. The normalized spacial score (nSPS) is 19.7. The molecule has 2 atom stereocenters. The monoisotopic (exact) mass is 415 g/mol. The number of nitrogens with zero attached hydrogens (tertiary/aromatic N) is 2. The molecule has 1 fully saturated rings. The number of likely N-dealkylation sites (tertiary alicyclic amines) is 1. The van der Waals surface area contributed by atoms with Crippen molar-refractivity contribution < 1.29 is 14.3 Å². The predicted octanol–water partition coefficient (Wildman–Crippen LogP) is 3.79. The fourth-order valence-corrected chi connectivity index (χ4v) is 4.32. The van der Waals surface area contributed by atoms with Gasteiger partial charge in [-0.1, -0.05) is 23.7 Å². The molecule has 3 heterocycles. The number of hydrogen-bond acceptors (Lipinski definition) is 3. The number of carbonyl (C=O) groups is 2. The van der Waals surface area contributed by atoms with E-state index in [4.69, 9.17) is 16.3 Å². The third kappa shape index (κ3) is 3.91. The molecule has 1 N–H and O–H groups in total. The highest BCUT2D eigenvalue weighted by molar-refractivity contribution is 6.30. The number of nitrogens with one attached hydrogen (secondary N) is 1. The average Bonchev–Trinajstić information content (AvgIpc) is 3.32. The zero-order valence-corrected chi connectivity index (χ0v) is 17.5. The van der Waals surface area contributed by atoms with Crippen molar-refractivity contribution in [2.75, 3.05) is 13.2 Å². The van der Waals surface area contributed by atoms with E-state index >= 15 is 0 Å². The van der Waals surface area contributed by atoms with Crippen LogP contribution < -0.4 is 5.32 Å². The van der Waals surface area contributed by atoms with E-state index in [1.807, 2.05) is 40.7 Å². The Kier molecular flexibility index (Phi) is 5.65. The summed E-state index contributed by atoms with van der Waals surface area (Å²) in [5.74, 6) is -0.196.